The molecule has 1 aromatic carbocycles. The highest BCUT2D eigenvalue weighted by atomic mass is 79.9. The van der Waals surface area contributed by atoms with Gasteiger partial charge in [-0.3, -0.25) is 4.79 Å². The number of ether oxygens (including phenoxy) is 1. The quantitative estimate of drug-likeness (QED) is 0.535. The number of amides is 1. The molecule has 0 aliphatic rings. The molecule has 24 heavy (non-hydrogen) atoms. The molecule has 1 amide bonds. The van der Waals surface area contributed by atoms with E-state index in [-0.39, 0.29) is 5.76 Å². The average molecular weight is 391 g/mol. The van der Waals surface area contributed by atoms with Gasteiger partial charge in [-0.25, -0.2) is 5.43 Å². The molecule has 0 fully saturated rings. The van der Waals surface area contributed by atoms with Gasteiger partial charge in [0.25, 0.3) is 0 Å². The molecule has 2 aromatic heterocycles. The number of carbonyl (C=O) groups excluding carboxylic acids is 1. The lowest BCUT2D eigenvalue weighted by molar-refractivity contribution is 0.0929. The Bertz CT molecular complexity index is 940. The van der Waals surface area contributed by atoms with Gasteiger partial charge in [0, 0.05) is 15.4 Å². The Morgan fingerprint density at radius 2 is 2.04 bits per heavy atom. The van der Waals surface area contributed by atoms with Crippen molar-refractivity contribution in [3.05, 3.63) is 51.6 Å². The van der Waals surface area contributed by atoms with E-state index in [1.807, 2.05) is 26.0 Å². The summed E-state index contributed by atoms with van der Waals surface area (Å²) in [6.45, 7) is 3.68. The molecule has 0 atom stereocenters. The molecular formula is C17H15BrN2O4. The normalized spacial score (nSPS) is 11.3. The van der Waals surface area contributed by atoms with E-state index < -0.39 is 5.91 Å². The summed E-state index contributed by atoms with van der Waals surface area (Å²) in [6, 6.07) is 7.10. The number of hydrogen-bond donors (Lipinski definition) is 1. The molecule has 7 heteroatoms. The molecule has 0 spiro atoms. The van der Waals surface area contributed by atoms with Crippen LogP contribution in [0.25, 0.3) is 11.0 Å². The highest BCUT2D eigenvalue weighted by Gasteiger charge is 2.15. The number of benzene rings is 1. The van der Waals surface area contributed by atoms with Gasteiger partial charge in [0.2, 0.25) is 0 Å². The fourth-order valence-corrected chi connectivity index (χ4v) is 2.80. The van der Waals surface area contributed by atoms with E-state index in [0.29, 0.717) is 11.3 Å². The molecule has 0 bridgehead atoms. The van der Waals surface area contributed by atoms with Gasteiger partial charge in [-0.05, 0) is 38.1 Å². The molecule has 3 aromatic rings. The standard InChI is InChI=1S/C17H15BrN2O4/c1-9-4-12(10(2)23-9)8-19-20-17(21)15-6-11-5-13(18)7-14(22-3)16(11)24-15/h4-8H,1-3H3,(H,20,21)/b19-8+. The number of hydrazone groups is 1. The number of nitrogens with zero attached hydrogens (tertiary/aromatic N) is 1. The predicted molar refractivity (Wildman–Crippen MR) is 93.7 cm³/mol. The van der Waals surface area contributed by atoms with Crippen molar-refractivity contribution in [1.29, 1.82) is 0 Å². The highest BCUT2D eigenvalue weighted by molar-refractivity contribution is 9.10. The van der Waals surface area contributed by atoms with Crippen LogP contribution in [0.3, 0.4) is 0 Å². The Morgan fingerprint density at radius 3 is 2.71 bits per heavy atom. The largest absolute Gasteiger partial charge is 0.493 e. The van der Waals surface area contributed by atoms with Gasteiger partial charge >= 0.3 is 5.91 Å². The first-order chi connectivity index (χ1) is 11.5. The third kappa shape index (κ3) is 3.21. The first-order valence-corrected chi connectivity index (χ1v) is 7.94. The molecular weight excluding hydrogens is 376 g/mol. The summed E-state index contributed by atoms with van der Waals surface area (Å²) in [4.78, 5) is 12.2. The Labute approximate surface area is 146 Å². The molecule has 2 heterocycles. The molecule has 0 unspecified atom stereocenters. The van der Waals surface area contributed by atoms with Gasteiger partial charge in [-0.1, -0.05) is 15.9 Å². The molecule has 0 saturated heterocycles. The Morgan fingerprint density at radius 1 is 1.25 bits per heavy atom. The maximum atomic E-state index is 12.2. The Balaban J connectivity index is 1.80. The molecule has 0 saturated carbocycles. The van der Waals surface area contributed by atoms with Gasteiger partial charge in [0.05, 0.1) is 13.3 Å². The fraction of sp³-hybridized carbons (Fsp3) is 0.176. The van der Waals surface area contributed by atoms with E-state index in [1.54, 1.807) is 19.2 Å². The summed E-state index contributed by atoms with van der Waals surface area (Å²) in [5.74, 6) is 1.78. The zero-order chi connectivity index (χ0) is 17.3. The number of nitrogens with one attached hydrogen (secondary N) is 1. The SMILES string of the molecule is COc1cc(Br)cc2cc(C(=O)N/N=C/c3cc(C)oc3C)oc12. The minimum absolute atomic E-state index is 0.152. The average Bonchev–Trinajstić information content (AvgIpc) is 3.09. The lowest BCUT2D eigenvalue weighted by Crippen LogP contribution is -2.16. The Hall–Kier alpha value is -2.54. The zero-order valence-electron chi connectivity index (χ0n) is 13.3. The third-order valence-corrected chi connectivity index (χ3v) is 3.90. The number of hydrogen-bond acceptors (Lipinski definition) is 5. The lowest BCUT2D eigenvalue weighted by atomic mass is 10.2. The van der Waals surface area contributed by atoms with Crippen LogP contribution in [0.1, 0.15) is 27.6 Å². The zero-order valence-corrected chi connectivity index (χ0v) is 14.9. The second-order valence-electron chi connectivity index (χ2n) is 5.20. The van der Waals surface area contributed by atoms with Crippen molar-refractivity contribution >= 4 is 39.0 Å². The van der Waals surface area contributed by atoms with Gasteiger partial charge < -0.3 is 13.6 Å². The maximum absolute atomic E-state index is 12.2. The first kappa shape index (κ1) is 16.3. The van der Waals surface area contributed by atoms with E-state index >= 15 is 0 Å². The second-order valence-corrected chi connectivity index (χ2v) is 6.12. The maximum Gasteiger partial charge on any atom is 0.307 e. The summed E-state index contributed by atoms with van der Waals surface area (Å²) in [5, 5.41) is 4.70. The number of fused-ring (bicyclic) bond motifs is 1. The molecule has 0 radical (unpaired) electrons. The van der Waals surface area contributed by atoms with Crippen LogP contribution in [0.5, 0.6) is 5.75 Å². The number of methoxy groups -OCH3 is 1. The molecule has 0 aliphatic heterocycles. The summed E-state index contributed by atoms with van der Waals surface area (Å²) in [6.07, 6.45) is 1.53. The van der Waals surface area contributed by atoms with Crippen LogP contribution in [0.15, 0.2) is 42.7 Å². The van der Waals surface area contributed by atoms with Gasteiger partial charge in [0.15, 0.2) is 17.1 Å². The highest BCUT2D eigenvalue weighted by Crippen LogP contribution is 2.32. The third-order valence-electron chi connectivity index (χ3n) is 3.44. The lowest BCUT2D eigenvalue weighted by Gasteiger charge is -2.00. The number of aryl methyl sites for hydroxylation is 2. The molecule has 3 rings (SSSR count). The first-order valence-electron chi connectivity index (χ1n) is 7.15. The minimum atomic E-state index is -0.446. The van der Waals surface area contributed by atoms with Crippen LogP contribution in [-0.4, -0.2) is 19.2 Å². The van der Waals surface area contributed by atoms with Crippen molar-refractivity contribution in [2.75, 3.05) is 7.11 Å². The summed E-state index contributed by atoms with van der Waals surface area (Å²) in [7, 11) is 1.54. The summed E-state index contributed by atoms with van der Waals surface area (Å²) in [5.41, 5.74) is 3.76. The van der Waals surface area contributed by atoms with Crippen molar-refractivity contribution in [2.24, 2.45) is 5.10 Å². The number of furan rings is 2. The molecule has 0 aliphatic carbocycles. The van der Waals surface area contributed by atoms with Crippen molar-refractivity contribution in [3.63, 3.8) is 0 Å². The predicted octanol–water partition coefficient (Wildman–Crippen LogP) is 4.18. The number of halogens is 1. The van der Waals surface area contributed by atoms with Gasteiger partial charge in [-0.2, -0.15) is 5.10 Å². The topological polar surface area (TPSA) is 77.0 Å². The van der Waals surface area contributed by atoms with Gasteiger partial charge in [0.1, 0.15) is 11.5 Å². The van der Waals surface area contributed by atoms with Crippen LogP contribution in [0.2, 0.25) is 0 Å². The summed E-state index contributed by atoms with van der Waals surface area (Å²) < 4.78 is 17.1. The number of carbonyl (C=O) groups is 1. The second kappa shape index (κ2) is 6.52. The minimum Gasteiger partial charge on any atom is -0.493 e. The van der Waals surface area contributed by atoms with E-state index in [0.717, 1.165) is 26.9 Å². The molecule has 124 valence electrons. The van der Waals surface area contributed by atoms with Crippen LogP contribution in [-0.2, 0) is 0 Å². The van der Waals surface area contributed by atoms with E-state index in [4.69, 9.17) is 13.6 Å². The van der Waals surface area contributed by atoms with E-state index in [9.17, 15) is 4.79 Å². The van der Waals surface area contributed by atoms with E-state index in [2.05, 4.69) is 26.5 Å². The number of rotatable bonds is 4. The molecule has 1 N–H and O–H groups in total. The monoisotopic (exact) mass is 390 g/mol. The fourth-order valence-electron chi connectivity index (χ4n) is 2.34. The van der Waals surface area contributed by atoms with E-state index in [1.165, 1.54) is 6.21 Å². The van der Waals surface area contributed by atoms with Crippen LogP contribution in [0, 0.1) is 13.8 Å². The van der Waals surface area contributed by atoms with Crippen LogP contribution >= 0.6 is 15.9 Å². The van der Waals surface area contributed by atoms with Crippen molar-refractivity contribution in [2.45, 2.75) is 13.8 Å². The smallest absolute Gasteiger partial charge is 0.307 e. The van der Waals surface area contributed by atoms with Crippen molar-refractivity contribution < 1.29 is 18.4 Å². The Kier molecular flexibility index (Phi) is 4.44. The van der Waals surface area contributed by atoms with Gasteiger partial charge in [-0.15, -0.1) is 0 Å². The van der Waals surface area contributed by atoms with Crippen molar-refractivity contribution in [1.82, 2.24) is 5.43 Å². The van der Waals surface area contributed by atoms with Crippen LogP contribution in [0.4, 0.5) is 0 Å². The van der Waals surface area contributed by atoms with Crippen molar-refractivity contribution in [3.8, 4) is 5.75 Å². The molecule has 6 nitrogen and oxygen atoms in total. The summed E-state index contributed by atoms with van der Waals surface area (Å²) >= 11 is 3.39. The van der Waals surface area contributed by atoms with Crippen LogP contribution < -0.4 is 10.2 Å².